The van der Waals surface area contributed by atoms with E-state index in [4.69, 9.17) is 5.73 Å². The number of thiazole rings is 1. The van der Waals surface area contributed by atoms with E-state index in [1.54, 1.807) is 12.4 Å². The number of benzene rings is 1. The number of hydrogen-bond donors (Lipinski definition) is 1. The summed E-state index contributed by atoms with van der Waals surface area (Å²) in [7, 11) is 0. The standard InChI is InChI=1S/C16H13F2N3S/c1-9(19)15-14(11-6-12(17)8-13(18)7-11)21-16(22-15)10-2-4-20-5-3-10/h2-9H,19H2,1H3. The SMILES string of the molecule is CC(N)c1sc(-c2ccncc2)nc1-c1cc(F)cc(F)c1. The lowest BCUT2D eigenvalue weighted by molar-refractivity contribution is 0.584. The molecule has 1 aromatic carbocycles. The first kappa shape index (κ1) is 14.7. The van der Waals surface area contributed by atoms with E-state index in [2.05, 4.69) is 9.97 Å². The van der Waals surface area contributed by atoms with Crippen molar-refractivity contribution in [2.24, 2.45) is 5.73 Å². The molecule has 0 bridgehead atoms. The molecule has 0 aliphatic rings. The molecule has 2 aromatic heterocycles. The zero-order chi connectivity index (χ0) is 15.7. The van der Waals surface area contributed by atoms with Gasteiger partial charge >= 0.3 is 0 Å². The van der Waals surface area contributed by atoms with Crippen LogP contribution in [0.3, 0.4) is 0 Å². The first-order chi connectivity index (χ1) is 10.5. The Balaban J connectivity index is 2.16. The predicted octanol–water partition coefficient (Wildman–Crippen LogP) is 4.17. The Bertz CT molecular complexity index is 780. The molecule has 0 aliphatic carbocycles. The first-order valence-corrected chi connectivity index (χ1v) is 7.49. The molecule has 1 unspecified atom stereocenters. The van der Waals surface area contributed by atoms with E-state index in [0.29, 0.717) is 11.3 Å². The van der Waals surface area contributed by atoms with Crippen LogP contribution in [0.5, 0.6) is 0 Å². The largest absolute Gasteiger partial charge is 0.323 e. The number of rotatable bonds is 3. The topological polar surface area (TPSA) is 51.8 Å². The minimum Gasteiger partial charge on any atom is -0.323 e. The van der Waals surface area contributed by atoms with Crippen LogP contribution in [0.15, 0.2) is 42.7 Å². The summed E-state index contributed by atoms with van der Waals surface area (Å²) in [6.07, 6.45) is 3.34. The van der Waals surface area contributed by atoms with Crippen molar-refractivity contribution in [2.45, 2.75) is 13.0 Å². The molecule has 112 valence electrons. The van der Waals surface area contributed by atoms with Gasteiger partial charge in [-0.3, -0.25) is 4.98 Å². The zero-order valence-electron chi connectivity index (χ0n) is 11.8. The smallest absolute Gasteiger partial charge is 0.126 e. The van der Waals surface area contributed by atoms with Gasteiger partial charge in [0.05, 0.1) is 5.69 Å². The van der Waals surface area contributed by atoms with Gasteiger partial charge in [-0.1, -0.05) is 0 Å². The second-order valence-electron chi connectivity index (χ2n) is 4.91. The summed E-state index contributed by atoms with van der Waals surface area (Å²) in [5, 5.41) is 0.745. The van der Waals surface area contributed by atoms with Crippen LogP contribution < -0.4 is 5.73 Å². The minimum absolute atomic E-state index is 0.283. The third-order valence-electron chi connectivity index (χ3n) is 3.13. The summed E-state index contributed by atoms with van der Waals surface area (Å²) in [6, 6.07) is 6.75. The monoisotopic (exact) mass is 317 g/mol. The van der Waals surface area contributed by atoms with Crippen molar-refractivity contribution < 1.29 is 8.78 Å². The van der Waals surface area contributed by atoms with E-state index in [1.807, 2.05) is 19.1 Å². The molecule has 1 atom stereocenters. The van der Waals surface area contributed by atoms with Gasteiger partial charge < -0.3 is 5.73 Å². The molecule has 0 spiro atoms. The van der Waals surface area contributed by atoms with Crippen molar-refractivity contribution in [1.29, 1.82) is 0 Å². The van der Waals surface area contributed by atoms with Gasteiger partial charge in [0.25, 0.3) is 0 Å². The highest BCUT2D eigenvalue weighted by Crippen LogP contribution is 2.36. The maximum absolute atomic E-state index is 13.5. The number of nitrogens with zero attached hydrogens (tertiary/aromatic N) is 2. The highest BCUT2D eigenvalue weighted by Gasteiger charge is 2.18. The van der Waals surface area contributed by atoms with Gasteiger partial charge in [0, 0.05) is 40.5 Å². The molecule has 0 fully saturated rings. The van der Waals surface area contributed by atoms with Gasteiger partial charge in [-0.15, -0.1) is 11.3 Å². The second kappa shape index (κ2) is 5.90. The van der Waals surface area contributed by atoms with Gasteiger partial charge in [0.15, 0.2) is 0 Å². The Hall–Kier alpha value is -2.18. The van der Waals surface area contributed by atoms with Crippen LogP contribution in [0.1, 0.15) is 17.8 Å². The average Bonchev–Trinajstić information content (AvgIpc) is 2.92. The molecule has 0 radical (unpaired) electrons. The summed E-state index contributed by atoms with van der Waals surface area (Å²) >= 11 is 1.42. The third-order valence-corrected chi connectivity index (χ3v) is 4.44. The molecular weight excluding hydrogens is 304 g/mol. The Morgan fingerprint density at radius 2 is 1.68 bits per heavy atom. The van der Waals surface area contributed by atoms with Crippen molar-refractivity contribution in [3.63, 3.8) is 0 Å². The average molecular weight is 317 g/mol. The van der Waals surface area contributed by atoms with Crippen molar-refractivity contribution in [3.8, 4) is 21.8 Å². The van der Waals surface area contributed by atoms with E-state index in [9.17, 15) is 8.78 Å². The van der Waals surface area contributed by atoms with Gasteiger partial charge in [0.1, 0.15) is 16.6 Å². The van der Waals surface area contributed by atoms with Crippen LogP contribution in [-0.4, -0.2) is 9.97 Å². The van der Waals surface area contributed by atoms with Crippen molar-refractivity contribution >= 4 is 11.3 Å². The lowest BCUT2D eigenvalue weighted by atomic mass is 10.1. The van der Waals surface area contributed by atoms with E-state index in [0.717, 1.165) is 21.5 Å². The molecule has 2 N–H and O–H groups in total. The van der Waals surface area contributed by atoms with Crippen LogP contribution in [0, 0.1) is 11.6 Å². The molecule has 2 heterocycles. The molecule has 0 saturated carbocycles. The summed E-state index contributed by atoms with van der Waals surface area (Å²) in [5.41, 5.74) is 7.79. The quantitative estimate of drug-likeness (QED) is 0.789. The van der Waals surface area contributed by atoms with E-state index in [-0.39, 0.29) is 6.04 Å². The van der Waals surface area contributed by atoms with Gasteiger partial charge in [-0.25, -0.2) is 13.8 Å². The highest BCUT2D eigenvalue weighted by atomic mass is 32.1. The molecule has 0 amide bonds. The Labute approximate surface area is 130 Å². The number of halogens is 2. The zero-order valence-corrected chi connectivity index (χ0v) is 12.6. The molecule has 22 heavy (non-hydrogen) atoms. The highest BCUT2D eigenvalue weighted by molar-refractivity contribution is 7.15. The lowest BCUT2D eigenvalue weighted by Gasteiger charge is -2.05. The summed E-state index contributed by atoms with van der Waals surface area (Å²) in [5.74, 6) is -1.27. The predicted molar refractivity (Wildman–Crippen MR) is 83.3 cm³/mol. The Morgan fingerprint density at radius 3 is 2.27 bits per heavy atom. The van der Waals surface area contributed by atoms with Gasteiger partial charge in [-0.2, -0.15) is 0 Å². The van der Waals surface area contributed by atoms with Crippen LogP contribution in [0.2, 0.25) is 0 Å². The van der Waals surface area contributed by atoms with Crippen molar-refractivity contribution in [2.75, 3.05) is 0 Å². The van der Waals surface area contributed by atoms with E-state index < -0.39 is 11.6 Å². The number of pyridine rings is 1. The molecule has 3 rings (SSSR count). The summed E-state index contributed by atoms with van der Waals surface area (Å²) in [4.78, 5) is 9.29. The molecule has 3 aromatic rings. The van der Waals surface area contributed by atoms with Crippen LogP contribution in [0.25, 0.3) is 21.8 Å². The van der Waals surface area contributed by atoms with Crippen LogP contribution in [-0.2, 0) is 0 Å². The first-order valence-electron chi connectivity index (χ1n) is 6.68. The van der Waals surface area contributed by atoms with Gasteiger partial charge in [-0.05, 0) is 31.2 Å². The normalized spacial score (nSPS) is 12.4. The van der Waals surface area contributed by atoms with E-state index >= 15 is 0 Å². The molecule has 3 nitrogen and oxygen atoms in total. The lowest BCUT2D eigenvalue weighted by Crippen LogP contribution is -2.04. The van der Waals surface area contributed by atoms with Crippen LogP contribution >= 0.6 is 11.3 Å². The fraction of sp³-hybridized carbons (Fsp3) is 0.125. The summed E-state index contributed by atoms with van der Waals surface area (Å²) < 4.78 is 26.9. The fourth-order valence-electron chi connectivity index (χ4n) is 2.16. The number of aromatic nitrogens is 2. The Kier molecular flexibility index (Phi) is 3.96. The molecule has 0 aliphatic heterocycles. The number of nitrogens with two attached hydrogens (primary N) is 1. The second-order valence-corrected chi connectivity index (χ2v) is 5.95. The minimum atomic E-state index is -0.635. The Morgan fingerprint density at radius 1 is 1.05 bits per heavy atom. The fourth-order valence-corrected chi connectivity index (χ4v) is 3.20. The summed E-state index contributed by atoms with van der Waals surface area (Å²) in [6.45, 7) is 1.82. The molecular formula is C16H13F2N3S. The third kappa shape index (κ3) is 2.88. The van der Waals surface area contributed by atoms with Crippen LogP contribution in [0.4, 0.5) is 8.78 Å². The van der Waals surface area contributed by atoms with Crippen molar-refractivity contribution in [1.82, 2.24) is 9.97 Å². The molecule has 0 saturated heterocycles. The van der Waals surface area contributed by atoms with E-state index in [1.165, 1.54) is 23.5 Å². The maximum atomic E-state index is 13.5. The number of hydrogen-bond acceptors (Lipinski definition) is 4. The van der Waals surface area contributed by atoms with Crippen molar-refractivity contribution in [3.05, 3.63) is 59.2 Å². The molecule has 6 heteroatoms. The van der Waals surface area contributed by atoms with Gasteiger partial charge in [0.2, 0.25) is 0 Å². The maximum Gasteiger partial charge on any atom is 0.126 e.